The molecule has 3 N–H and O–H groups in total. The van der Waals surface area contributed by atoms with E-state index in [-0.39, 0.29) is 5.91 Å². The molecule has 1 fully saturated rings. The van der Waals surface area contributed by atoms with E-state index in [1.54, 1.807) is 7.11 Å². The van der Waals surface area contributed by atoms with Gasteiger partial charge in [-0.3, -0.25) is 9.89 Å². The number of piperazine rings is 1. The first kappa shape index (κ1) is 23.8. The molecule has 1 amide bonds. The van der Waals surface area contributed by atoms with Crippen molar-refractivity contribution in [2.75, 3.05) is 30.4 Å². The zero-order valence-corrected chi connectivity index (χ0v) is 20.5. The molecule has 0 unspecified atom stereocenters. The third-order valence-corrected chi connectivity index (χ3v) is 6.28. The summed E-state index contributed by atoms with van der Waals surface area (Å²) in [6.45, 7) is 8.45. The van der Waals surface area contributed by atoms with Crippen LogP contribution in [0.2, 0.25) is 0 Å². The number of hydrogen-bond donors (Lipinski definition) is 3. The van der Waals surface area contributed by atoms with Crippen LogP contribution in [-0.4, -0.2) is 48.4 Å². The van der Waals surface area contributed by atoms with Crippen molar-refractivity contribution < 1.29 is 9.53 Å². The lowest BCUT2D eigenvalue weighted by Gasteiger charge is -2.37. The Hall–Kier alpha value is -3.32. The molecule has 2 aromatic carbocycles. The van der Waals surface area contributed by atoms with Crippen molar-refractivity contribution in [3.8, 4) is 5.75 Å². The van der Waals surface area contributed by atoms with E-state index in [1.165, 1.54) is 11.1 Å². The Morgan fingerprint density at radius 2 is 1.76 bits per heavy atom. The van der Waals surface area contributed by atoms with Crippen LogP contribution >= 0.6 is 0 Å². The van der Waals surface area contributed by atoms with E-state index in [4.69, 9.17) is 4.74 Å². The number of benzene rings is 2. The Bertz CT molecular complexity index is 1080. The minimum Gasteiger partial charge on any atom is -0.497 e. The number of aromatic amines is 1. The highest BCUT2D eigenvalue weighted by Crippen LogP contribution is 2.21. The van der Waals surface area contributed by atoms with E-state index in [0.29, 0.717) is 23.5 Å². The Morgan fingerprint density at radius 1 is 1.06 bits per heavy atom. The summed E-state index contributed by atoms with van der Waals surface area (Å²) in [6.07, 6.45) is 2.64. The second kappa shape index (κ2) is 10.7. The largest absolute Gasteiger partial charge is 0.497 e. The predicted molar refractivity (Wildman–Crippen MR) is 137 cm³/mol. The van der Waals surface area contributed by atoms with Crippen molar-refractivity contribution >= 4 is 17.4 Å². The number of methoxy groups -OCH3 is 1. The molecular weight excluding hydrogens is 426 g/mol. The Labute approximate surface area is 201 Å². The molecule has 3 aromatic rings. The van der Waals surface area contributed by atoms with E-state index in [9.17, 15) is 4.79 Å². The molecule has 0 radical (unpaired) electrons. The van der Waals surface area contributed by atoms with Crippen molar-refractivity contribution in [1.29, 1.82) is 0 Å². The zero-order chi connectivity index (χ0) is 24.1. The predicted octanol–water partition coefficient (Wildman–Crippen LogP) is 4.20. The first-order valence-corrected chi connectivity index (χ1v) is 12.1. The van der Waals surface area contributed by atoms with Crippen molar-refractivity contribution in [3.63, 3.8) is 0 Å². The number of amides is 1. The monoisotopic (exact) mass is 461 g/mol. The number of rotatable bonds is 8. The summed E-state index contributed by atoms with van der Waals surface area (Å²) < 4.78 is 5.42. The fourth-order valence-corrected chi connectivity index (χ4v) is 4.58. The number of ether oxygens (including phenoxy) is 1. The number of nitrogens with zero attached hydrogens (tertiary/aromatic N) is 2. The van der Waals surface area contributed by atoms with Crippen LogP contribution in [0.4, 0.5) is 11.5 Å². The number of aromatic nitrogens is 2. The van der Waals surface area contributed by atoms with Crippen LogP contribution in [0.1, 0.15) is 48.0 Å². The van der Waals surface area contributed by atoms with Crippen molar-refractivity contribution in [1.82, 2.24) is 15.5 Å². The van der Waals surface area contributed by atoms with Crippen LogP contribution < -0.4 is 20.3 Å². The molecular formula is C27H35N5O2. The van der Waals surface area contributed by atoms with Gasteiger partial charge < -0.3 is 20.3 Å². The summed E-state index contributed by atoms with van der Waals surface area (Å²) in [5, 5.41) is 13.8. The highest BCUT2D eigenvalue weighted by Gasteiger charge is 2.21. The van der Waals surface area contributed by atoms with Crippen molar-refractivity contribution in [2.24, 2.45) is 0 Å². The van der Waals surface area contributed by atoms with E-state index in [2.05, 4.69) is 64.7 Å². The number of hydrogen-bond acceptors (Lipinski definition) is 5. The minimum absolute atomic E-state index is 0.160. The van der Waals surface area contributed by atoms with Gasteiger partial charge in [-0.15, -0.1) is 0 Å². The topological polar surface area (TPSA) is 82.3 Å². The minimum atomic E-state index is -0.160. The molecule has 0 aliphatic carbocycles. The second-order valence-electron chi connectivity index (χ2n) is 9.20. The first-order chi connectivity index (χ1) is 16.4. The molecule has 0 spiro atoms. The molecule has 0 bridgehead atoms. The average Bonchev–Trinajstić information content (AvgIpc) is 3.29. The third kappa shape index (κ3) is 5.97. The molecule has 7 nitrogen and oxygen atoms in total. The highest BCUT2D eigenvalue weighted by atomic mass is 16.5. The average molecular weight is 462 g/mol. The van der Waals surface area contributed by atoms with Gasteiger partial charge in [0.15, 0.2) is 5.82 Å². The van der Waals surface area contributed by atoms with Gasteiger partial charge in [-0.1, -0.05) is 13.0 Å². The maximum atomic E-state index is 12.7. The van der Waals surface area contributed by atoms with Gasteiger partial charge in [0, 0.05) is 48.2 Å². The van der Waals surface area contributed by atoms with Crippen LogP contribution in [0.15, 0.2) is 48.5 Å². The number of carbonyl (C=O) groups excluding carboxylic acids is 1. The maximum Gasteiger partial charge on any atom is 0.256 e. The van der Waals surface area contributed by atoms with Crippen LogP contribution in [0.5, 0.6) is 5.75 Å². The molecule has 0 saturated carbocycles. The van der Waals surface area contributed by atoms with E-state index in [0.717, 1.165) is 49.5 Å². The summed E-state index contributed by atoms with van der Waals surface area (Å²) in [5.41, 5.74) is 5.23. The second-order valence-corrected chi connectivity index (χ2v) is 9.20. The Kier molecular flexibility index (Phi) is 7.53. The maximum absolute atomic E-state index is 12.7. The summed E-state index contributed by atoms with van der Waals surface area (Å²) in [5.74, 6) is 1.26. The summed E-state index contributed by atoms with van der Waals surface area (Å²) >= 11 is 0. The molecule has 2 atom stereocenters. The smallest absolute Gasteiger partial charge is 0.256 e. The van der Waals surface area contributed by atoms with Crippen molar-refractivity contribution in [3.05, 3.63) is 70.9 Å². The van der Waals surface area contributed by atoms with Gasteiger partial charge in [-0.2, -0.15) is 5.10 Å². The van der Waals surface area contributed by atoms with E-state index in [1.807, 2.05) is 30.3 Å². The lowest BCUT2D eigenvalue weighted by molar-refractivity contribution is 0.102. The van der Waals surface area contributed by atoms with E-state index >= 15 is 0 Å². The zero-order valence-electron chi connectivity index (χ0n) is 20.5. The summed E-state index contributed by atoms with van der Waals surface area (Å²) in [6, 6.07) is 16.9. The van der Waals surface area contributed by atoms with Gasteiger partial charge >= 0.3 is 0 Å². The Morgan fingerprint density at radius 3 is 2.44 bits per heavy atom. The number of anilines is 2. The number of H-pyrrole nitrogens is 1. The van der Waals surface area contributed by atoms with Crippen LogP contribution in [0.25, 0.3) is 0 Å². The third-order valence-electron chi connectivity index (χ3n) is 6.28. The quantitative estimate of drug-likeness (QED) is 0.468. The lowest BCUT2D eigenvalue weighted by Crippen LogP contribution is -2.54. The summed E-state index contributed by atoms with van der Waals surface area (Å²) in [4.78, 5) is 15.1. The molecule has 2 heterocycles. The number of aryl methyl sites for hydroxylation is 3. The summed E-state index contributed by atoms with van der Waals surface area (Å²) in [7, 11) is 1.70. The Balaban J connectivity index is 1.33. The van der Waals surface area contributed by atoms with Gasteiger partial charge in [0.2, 0.25) is 0 Å². The fourth-order valence-electron chi connectivity index (χ4n) is 4.58. The molecule has 7 heteroatoms. The van der Waals surface area contributed by atoms with Crippen LogP contribution in [0.3, 0.4) is 0 Å². The molecule has 34 heavy (non-hydrogen) atoms. The van der Waals surface area contributed by atoms with E-state index < -0.39 is 0 Å². The molecule has 1 aliphatic heterocycles. The normalized spacial score (nSPS) is 18.1. The van der Waals surface area contributed by atoms with Gasteiger partial charge in [0.25, 0.3) is 5.91 Å². The van der Waals surface area contributed by atoms with Gasteiger partial charge in [-0.05, 0) is 80.6 Å². The first-order valence-electron chi connectivity index (χ1n) is 12.1. The van der Waals surface area contributed by atoms with Crippen LogP contribution in [0, 0.1) is 0 Å². The molecule has 180 valence electrons. The standard InChI is InChI=1S/C27H35N5O2/c1-5-20-12-21(14-25(13-20)34-4)6-9-23-15-26(31-30-23)29-27(33)22-7-10-24(11-8-22)32-16-18(2)28-19(3)17-32/h7-8,10-15,18-19,28H,5-6,9,16-17H2,1-4H3,(H2,29,30,31,33)/t18-,19+. The molecule has 1 saturated heterocycles. The van der Waals surface area contributed by atoms with Gasteiger partial charge in [0.1, 0.15) is 5.75 Å². The fraction of sp³-hybridized carbons (Fsp3) is 0.407. The SMILES string of the molecule is CCc1cc(CCc2cc(NC(=O)c3ccc(N4C[C@@H](C)N[C@@H](C)C4)cc3)n[nH]2)cc(OC)c1. The van der Waals surface area contributed by atoms with Gasteiger partial charge in [0.05, 0.1) is 7.11 Å². The molecule has 4 rings (SSSR count). The van der Waals surface area contributed by atoms with Crippen molar-refractivity contribution in [2.45, 2.75) is 52.1 Å². The lowest BCUT2D eigenvalue weighted by atomic mass is 10.0. The van der Waals surface area contributed by atoms with Gasteiger partial charge in [-0.25, -0.2) is 0 Å². The number of carbonyl (C=O) groups is 1. The van der Waals surface area contributed by atoms with Crippen LogP contribution in [-0.2, 0) is 19.3 Å². The molecule has 1 aromatic heterocycles. The number of nitrogens with one attached hydrogen (secondary N) is 3. The highest BCUT2D eigenvalue weighted by molar-refractivity contribution is 6.03. The molecule has 1 aliphatic rings.